The van der Waals surface area contributed by atoms with Crippen LogP contribution in [0.4, 0.5) is 4.39 Å². The fourth-order valence-electron chi connectivity index (χ4n) is 2.27. The van der Waals surface area contributed by atoms with Gasteiger partial charge in [-0.2, -0.15) is 0 Å². The minimum absolute atomic E-state index is 0.00701. The first-order chi connectivity index (χ1) is 11.5. The summed E-state index contributed by atoms with van der Waals surface area (Å²) in [6, 6.07) is 6.24. The van der Waals surface area contributed by atoms with Gasteiger partial charge < -0.3 is 9.47 Å². The Morgan fingerprint density at radius 1 is 1.33 bits per heavy atom. The molecule has 0 fully saturated rings. The Morgan fingerprint density at radius 3 is 2.75 bits per heavy atom. The van der Waals surface area contributed by atoms with Crippen LogP contribution in [0, 0.1) is 12.7 Å². The average molecular weight is 344 g/mol. The van der Waals surface area contributed by atoms with Gasteiger partial charge in [0.15, 0.2) is 0 Å². The zero-order chi connectivity index (χ0) is 17.1. The second-order valence-electron chi connectivity index (χ2n) is 5.50. The lowest BCUT2D eigenvalue weighted by Gasteiger charge is -2.16. The predicted molar refractivity (Wildman–Crippen MR) is 90.9 cm³/mol. The van der Waals surface area contributed by atoms with Crippen molar-refractivity contribution in [2.45, 2.75) is 20.0 Å². The van der Waals surface area contributed by atoms with E-state index >= 15 is 0 Å². The van der Waals surface area contributed by atoms with E-state index in [1.807, 2.05) is 16.9 Å². The van der Waals surface area contributed by atoms with Gasteiger partial charge in [0.2, 0.25) is 5.91 Å². The number of hydrogen-bond donors (Lipinski definition) is 0. The Hall–Kier alpha value is -2.54. The maximum absolute atomic E-state index is 13.0. The third-order valence-electron chi connectivity index (χ3n) is 3.70. The molecule has 0 radical (unpaired) electrons. The Balaban J connectivity index is 1.64. The molecule has 0 N–H and O–H groups in total. The molecule has 1 amide bonds. The fourth-order valence-corrected chi connectivity index (χ4v) is 3.09. The van der Waals surface area contributed by atoms with E-state index < -0.39 is 0 Å². The highest BCUT2D eigenvalue weighted by atomic mass is 32.1. The average Bonchev–Trinajstić information content (AvgIpc) is 3.18. The molecule has 0 aliphatic rings. The number of amides is 1. The Bertz CT molecular complexity index is 840. The second kappa shape index (κ2) is 6.92. The number of nitrogens with zero attached hydrogens (tertiary/aromatic N) is 4. The zero-order valence-electron chi connectivity index (χ0n) is 13.4. The molecule has 7 heteroatoms. The van der Waals surface area contributed by atoms with Crippen molar-refractivity contribution in [2.24, 2.45) is 0 Å². The number of carbonyl (C=O) groups is 1. The molecule has 1 aromatic carbocycles. The zero-order valence-corrected chi connectivity index (χ0v) is 14.3. The lowest BCUT2D eigenvalue weighted by Crippen LogP contribution is -2.30. The Kier molecular flexibility index (Phi) is 4.71. The highest BCUT2D eigenvalue weighted by Gasteiger charge is 2.13. The van der Waals surface area contributed by atoms with Gasteiger partial charge in [-0.3, -0.25) is 4.79 Å². The van der Waals surface area contributed by atoms with Crippen LogP contribution >= 0.6 is 11.3 Å². The predicted octanol–water partition coefficient (Wildman–Crippen LogP) is 3.11. The van der Waals surface area contributed by atoms with Crippen molar-refractivity contribution in [3.8, 4) is 10.6 Å². The molecule has 0 atom stereocenters. The molecule has 0 unspecified atom stereocenters. The topological polar surface area (TPSA) is 51.0 Å². The molecule has 2 aromatic heterocycles. The highest BCUT2D eigenvalue weighted by molar-refractivity contribution is 7.13. The summed E-state index contributed by atoms with van der Waals surface area (Å²) in [5.41, 5.74) is 1.69. The largest absolute Gasteiger partial charge is 0.338 e. The van der Waals surface area contributed by atoms with Crippen LogP contribution < -0.4 is 0 Å². The third kappa shape index (κ3) is 3.68. The van der Waals surface area contributed by atoms with Crippen LogP contribution in [0.2, 0.25) is 0 Å². The first-order valence-corrected chi connectivity index (χ1v) is 8.33. The van der Waals surface area contributed by atoms with Crippen LogP contribution in [-0.2, 0) is 17.9 Å². The van der Waals surface area contributed by atoms with Gasteiger partial charge in [-0.15, -0.1) is 11.3 Å². The summed E-state index contributed by atoms with van der Waals surface area (Å²) < 4.78 is 14.8. The van der Waals surface area contributed by atoms with Crippen LogP contribution in [0.5, 0.6) is 0 Å². The molecule has 124 valence electrons. The summed E-state index contributed by atoms with van der Waals surface area (Å²) in [7, 11) is 1.76. The number of benzene rings is 1. The van der Waals surface area contributed by atoms with E-state index in [0.29, 0.717) is 6.54 Å². The molecule has 0 spiro atoms. The van der Waals surface area contributed by atoms with Gasteiger partial charge in [-0.25, -0.2) is 14.4 Å². The van der Waals surface area contributed by atoms with Gasteiger partial charge in [0, 0.05) is 30.4 Å². The molecule has 0 saturated carbocycles. The first kappa shape index (κ1) is 16.3. The van der Waals surface area contributed by atoms with Crippen LogP contribution in [0.1, 0.15) is 11.5 Å². The summed E-state index contributed by atoms with van der Waals surface area (Å²) in [6.07, 6.45) is 3.47. The van der Waals surface area contributed by atoms with Crippen LogP contribution in [-0.4, -0.2) is 32.4 Å². The molecular formula is C17H17FN4OS. The number of rotatable bonds is 5. The van der Waals surface area contributed by atoms with Crippen LogP contribution in [0.25, 0.3) is 10.6 Å². The van der Waals surface area contributed by atoms with Gasteiger partial charge in [0.25, 0.3) is 0 Å². The maximum atomic E-state index is 13.0. The summed E-state index contributed by atoms with van der Waals surface area (Å²) >= 11 is 1.48. The Morgan fingerprint density at radius 2 is 2.08 bits per heavy atom. The van der Waals surface area contributed by atoms with Gasteiger partial charge in [-0.05, 0) is 31.2 Å². The molecular weight excluding hydrogens is 327 g/mol. The van der Waals surface area contributed by atoms with E-state index in [-0.39, 0.29) is 18.3 Å². The van der Waals surface area contributed by atoms with Crippen molar-refractivity contribution in [3.05, 3.63) is 59.4 Å². The Labute approximate surface area is 143 Å². The van der Waals surface area contributed by atoms with Gasteiger partial charge in [-0.1, -0.05) is 0 Å². The fraction of sp³-hybridized carbons (Fsp3) is 0.235. The second-order valence-corrected chi connectivity index (χ2v) is 6.36. The molecule has 2 heterocycles. The summed E-state index contributed by atoms with van der Waals surface area (Å²) in [6.45, 7) is 2.56. The first-order valence-electron chi connectivity index (χ1n) is 7.45. The summed E-state index contributed by atoms with van der Waals surface area (Å²) in [4.78, 5) is 22.6. The number of thiazole rings is 1. The highest BCUT2D eigenvalue weighted by Crippen LogP contribution is 2.24. The van der Waals surface area contributed by atoms with Crippen molar-refractivity contribution >= 4 is 17.2 Å². The molecule has 3 aromatic rings. The number of likely N-dealkylation sites (N-methyl/N-ethyl adjacent to an activating group) is 1. The number of aromatic nitrogens is 3. The normalized spacial score (nSPS) is 10.8. The van der Waals surface area contributed by atoms with E-state index in [0.717, 1.165) is 22.1 Å². The molecule has 0 saturated heterocycles. The quantitative estimate of drug-likeness (QED) is 0.715. The van der Waals surface area contributed by atoms with Crippen LogP contribution in [0.15, 0.2) is 42.0 Å². The lowest BCUT2D eigenvalue weighted by molar-refractivity contribution is -0.131. The SMILES string of the molecule is Cc1nccn1CC(=O)N(C)Cc1csc(-c2ccc(F)cc2)n1. The minimum atomic E-state index is -0.268. The number of imidazole rings is 1. The van der Waals surface area contributed by atoms with Crippen molar-refractivity contribution in [1.82, 2.24) is 19.4 Å². The van der Waals surface area contributed by atoms with Gasteiger partial charge in [0.05, 0.1) is 12.2 Å². The van der Waals surface area contributed by atoms with E-state index in [9.17, 15) is 9.18 Å². The number of carbonyl (C=O) groups excluding carboxylic acids is 1. The smallest absolute Gasteiger partial charge is 0.242 e. The monoisotopic (exact) mass is 344 g/mol. The van der Waals surface area contributed by atoms with E-state index in [2.05, 4.69) is 9.97 Å². The molecule has 0 aliphatic carbocycles. The molecule has 5 nitrogen and oxygen atoms in total. The van der Waals surface area contributed by atoms with Crippen molar-refractivity contribution in [2.75, 3.05) is 7.05 Å². The summed E-state index contributed by atoms with van der Waals surface area (Å²) in [5.74, 6) is 0.534. The number of halogens is 1. The number of aryl methyl sites for hydroxylation is 1. The molecule has 0 bridgehead atoms. The van der Waals surface area contributed by atoms with E-state index in [4.69, 9.17) is 0 Å². The third-order valence-corrected chi connectivity index (χ3v) is 4.64. The van der Waals surface area contributed by atoms with Gasteiger partial charge in [0.1, 0.15) is 23.2 Å². The maximum Gasteiger partial charge on any atom is 0.242 e. The molecule has 3 rings (SSSR count). The van der Waals surface area contributed by atoms with E-state index in [1.165, 1.54) is 23.5 Å². The molecule has 0 aliphatic heterocycles. The van der Waals surface area contributed by atoms with Gasteiger partial charge >= 0.3 is 0 Å². The lowest BCUT2D eigenvalue weighted by atomic mass is 10.2. The molecule has 24 heavy (non-hydrogen) atoms. The minimum Gasteiger partial charge on any atom is -0.338 e. The van der Waals surface area contributed by atoms with Crippen molar-refractivity contribution < 1.29 is 9.18 Å². The van der Waals surface area contributed by atoms with E-state index in [1.54, 1.807) is 36.5 Å². The van der Waals surface area contributed by atoms with Crippen LogP contribution in [0.3, 0.4) is 0 Å². The van der Waals surface area contributed by atoms with Crippen molar-refractivity contribution in [1.29, 1.82) is 0 Å². The standard InChI is InChI=1S/C17H17FN4OS/c1-12-19-7-8-22(12)10-16(23)21(2)9-15-11-24-17(20-15)13-3-5-14(18)6-4-13/h3-8,11H,9-10H2,1-2H3. The number of hydrogen-bond acceptors (Lipinski definition) is 4. The summed E-state index contributed by atoms with van der Waals surface area (Å²) in [5, 5.41) is 2.74. The van der Waals surface area contributed by atoms with Crippen molar-refractivity contribution in [3.63, 3.8) is 0 Å².